The minimum Gasteiger partial charge on any atom is -0.387 e. The first-order valence-electron chi connectivity index (χ1n) is 6.34. The molecule has 1 unspecified atom stereocenters. The van der Waals surface area contributed by atoms with Crippen molar-refractivity contribution in [2.24, 2.45) is 0 Å². The number of aliphatic hydroxyl groups is 1. The summed E-state index contributed by atoms with van der Waals surface area (Å²) in [5.41, 5.74) is 0.478. The quantitative estimate of drug-likeness (QED) is 0.888. The maximum atomic E-state index is 13.3. The minimum atomic E-state index is -0.824. The van der Waals surface area contributed by atoms with Gasteiger partial charge in [-0.05, 0) is 30.5 Å². The Balaban J connectivity index is 1.60. The SMILES string of the molecule is OC(CNc1nnc(C2CC2)s1)c1ccc(Cl)c(F)c1. The van der Waals surface area contributed by atoms with Gasteiger partial charge in [0.25, 0.3) is 0 Å². The van der Waals surface area contributed by atoms with Gasteiger partial charge >= 0.3 is 0 Å². The molecule has 0 spiro atoms. The fourth-order valence-corrected chi connectivity index (χ4v) is 2.86. The van der Waals surface area contributed by atoms with Crippen LogP contribution >= 0.6 is 22.9 Å². The molecule has 1 heterocycles. The van der Waals surface area contributed by atoms with E-state index in [1.165, 1.54) is 36.3 Å². The van der Waals surface area contributed by atoms with E-state index >= 15 is 0 Å². The molecule has 3 rings (SSSR count). The topological polar surface area (TPSA) is 58.0 Å². The van der Waals surface area contributed by atoms with Crippen molar-refractivity contribution in [2.45, 2.75) is 24.9 Å². The molecule has 1 aliphatic carbocycles. The molecule has 1 aromatic heterocycles. The van der Waals surface area contributed by atoms with Crippen LogP contribution in [0.15, 0.2) is 18.2 Å². The van der Waals surface area contributed by atoms with Crippen molar-refractivity contribution in [3.05, 3.63) is 39.6 Å². The molecule has 2 N–H and O–H groups in total. The number of anilines is 1. The summed E-state index contributed by atoms with van der Waals surface area (Å²) >= 11 is 7.11. The maximum Gasteiger partial charge on any atom is 0.205 e. The molecule has 1 saturated carbocycles. The van der Waals surface area contributed by atoms with Gasteiger partial charge in [-0.1, -0.05) is 29.0 Å². The van der Waals surface area contributed by atoms with Crippen LogP contribution in [0.4, 0.5) is 9.52 Å². The van der Waals surface area contributed by atoms with Gasteiger partial charge in [0, 0.05) is 12.5 Å². The lowest BCUT2D eigenvalue weighted by atomic mass is 10.1. The average Bonchev–Trinajstić information content (AvgIpc) is 3.18. The lowest BCUT2D eigenvalue weighted by molar-refractivity contribution is 0.191. The van der Waals surface area contributed by atoms with Crippen molar-refractivity contribution in [3.63, 3.8) is 0 Å². The van der Waals surface area contributed by atoms with E-state index in [1.54, 1.807) is 6.07 Å². The molecular weight excluding hydrogens is 301 g/mol. The Kier molecular flexibility index (Phi) is 3.87. The third kappa shape index (κ3) is 3.08. The maximum absolute atomic E-state index is 13.3. The Morgan fingerprint density at radius 2 is 2.25 bits per heavy atom. The van der Waals surface area contributed by atoms with Crippen molar-refractivity contribution in [1.29, 1.82) is 0 Å². The molecule has 0 aliphatic heterocycles. The Hall–Kier alpha value is -1.24. The highest BCUT2D eigenvalue weighted by molar-refractivity contribution is 7.15. The van der Waals surface area contributed by atoms with Gasteiger partial charge < -0.3 is 10.4 Å². The number of benzene rings is 1. The monoisotopic (exact) mass is 313 g/mol. The molecule has 20 heavy (non-hydrogen) atoms. The van der Waals surface area contributed by atoms with Crippen LogP contribution in [0.5, 0.6) is 0 Å². The number of nitrogens with one attached hydrogen (secondary N) is 1. The Bertz CT molecular complexity index is 617. The minimum absolute atomic E-state index is 0.0482. The molecule has 1 aromatic carbocycles. The molecule has 106 valence electrons. The number of hydrogen-bond donors (Lipinski definition) is 2. The van der Waals surface area contributed by atoms with Crippen molar-refractivity contribution < 1.29 is 9.50 Å². The van der Waals surface area contributed by atoms with Gasteiger partial charge in [0.05, 0.1) is 11.1 Å². The van der Waals surface area contributed by atoms with Crippen molar-refractivity contribution >= 4 is 28.1 Å². The second-order valence-corrected chi connectivity index (χ2v) is 6.21. The summed E-state index contributed by atoms with van der Waals surface area (Å²) in [7, 11) is 0. The second kappa shape index (κ2) is 5.63. The zero-order valence-corrected chi connectivity index (χ0v) is 12.1. The zero-order valence-electron chi connectivity index (χ0n) is 10.5. The van der Waals surface area contributed by atoms with Gasteiger partial charge in [-0.15, -0.1) is 10.2 Å². The van der Waals surface area contributed by atoms with Gasteiger partial charge in [-0.3, -0.25) is 0 Å². The summed E-state index contributed by atoms with van der Waals surface area (Å²) in [6.45, 7) is 0.250. The Morgan fingerprint density at radius 3 is 2.95 bits per heavy atom. The molecule has 4 nitrogen and oxygen atoms in total. The van der Waals surface area contributed by atoms with Crippen LogP contribution < -0.4 is 5.32 Å². The molecule has 1 fully saturated rings. The van der Waals surface area contributed by atoms with Gasteiger partial charge in [0.2, 0.25) is 5.13 Å². The van der Waals surface area contributed by atoms with E-state index in [0.29, 0.717) is 16.6 Å². The van der Waals surface area contributed by atoms with E-state index in [2.05, 4.69) is 15.5 Å². The van der Waals surface area contributed by atoms with Gasteiger partial charge in [-0.25, -0.2) is 4.39 Å². The van der Waals surface area contributed by atoms with Gasteiger partial charge in [-0.2, -0.15) is 0 Å². The third-order valence-corrected chi connectivity index (χ3v) is 4.49. The highest BCUT2D eigenvalue weighted by Crippen LogP contribution is 2.42. The highest BCUT2D eigenvalue weighted by Gasteiger charge is 2.27. The van der Waals surface area contributed by atoms with E-state index in [1.807, 2.05) is 0 Å². The summed E-state index contributed by atoms with van der Waals surface area (Å²) in [6, 6.07) is 4.28. The third-order valence-electron chi connectivity index (χ3n) is 3.14. The predicted octanol–water partition coefficient (Wildman–Crippen LogP) is 3.35. The van der Waals surface area contributed by atoms with Gasteiger partial charge in [0.1, 0.15) is 10.8 Å². The van der Waals surface area contributed by atoms with Crippen LogP contribution in [0.2, 0.25) is 5.02 Å². The summed E-state index contributed by atoms with van der Waals surface area (Å²) in [4.78, 5) is 0. The molecule has 1 aliphatic rings. The zero-order chi connectivity index (χ0) is 14.1. The number of halogens is 2. The standard InChI is InChI=1S/C13H13ClFN3OS/c14-9-4-3-8(5-10(9)15)11(19)6-16-13-18-17-12(20-13)7-1-2-7/h3-5,7,11,19H,1-2,6H2,(H,16,18). The van der Waals surface area contributed by atoms with Crippen LogP contribution in [0, 0.1) is 5.82 Å². The fourth-order valence-electron chi connectivity index (χ4n) is 1.82. The van der Waals surface area contributed by atoms with E-state index < -0.39 is 11.9 Å². The number of nitrogens with zero attached hydrogens (tertiary/aromatic N) is 2. The molecule has 0 radical (unpaired) electrons. The Labute approximate surface area is 124 Å². The first kappa shape index (κ1) is 13.7. The summed E-state index contributed by atoms with van der Waals surface area (Å²) < 4.78 is 13.3. The van der Waals surface area contributed by atoms with Crippen LogP contribution in [0.25, 0.3) is 0 Å². The molecule has 0 amide bonds. The number of hydrogen-bond acceptors (Lipinski definition) is 5. The number of aromatic nitrogens is 2. The van der Waals surface area contributed by atoms with Crippen molar-refractivity contribution in [2.75, 3.05) is 11.9 Å². The second-order valence-electron chi connectivity index (χ2n) is 4.79. The van der Waals surface area contributed by atoms with Crippen molar-refractivity contribution in [1.82, 2.24) is 10.2 Å². The molecular formula is C13H13ClFN3OS. The van der Waals surface area contributed by atoms with Crippen LogP contribution in [0.3, 0.4) is 0 Å². The molecule has 1 atom stereocenters. The average molecular weight is 314 g/mol. The Morgan fingerprint density at radius 1 is 1.45 bits per heavy atom. The predicted molar refractivity (Wildman–Crippen MR) is 76.7 cm³/mol. The summed E-state index contributed by atoms with van der Waals surface area (Å²) in [5, 5.41) is 22.9. The highest BCUT2D eigenvalue weighted by atomic mass is 35.5. The molecule has 0 saturated heterocycles. The van der Waals surface area contributed by atoms with E-state index in [0.717, 1.165) is 5.01 Å². The smallest absolute Gasteiger partial charge is 0.205 e. The lowest BCUT2D eigenvalue weighted by Crippen LogP contribution is -2.12. The van der Waals surface area contributed by atoms with E-state index in [-0.39, 0.29) is 11.6 Å². The van der Waals surface area contributed by atoms with E-state index in [4.69, 9.17) is 11.6 Å². The first-order chi connectivity index (χ1) is 9.63. The van der Waals surface area contributed by atoms with E-state index in [9.17, 15) is 9.50 Å². The molecule has 0 bridgehead atoms. The molecule has 2 aromatic rings. The summed E-state index contributed by atoms with van der Waals surface area (Å²) in [6.07, 6.45) is 1.54. The largest absolute Gasteiger partial charge is 0.387 e. The van der Waals surface area contributed by atoms with Crippen LogP contribution in [-0.2, 0) is 0 Å². The summed E-state index contributed by atoms with van der Waals surface area (Å²) in [5.74, 6) is 0.0356. The fraction of sp³-hybridized carbons (Fsp3) is 0.385. The number of aliphatic hydroxyl groups excluding tert-OH is 1. The lowest BCUT2D eigenvalue weighted by Gasteiger charge is -2.11. The van der Waals surface area contributed by atoms with Crippen molar-refractivity contribution in [3.8, 4) is 0 Å². The normalized spacial score (nSPS) is 16.1. The molecule has 7 heteroatoms. The van der Waals surface area contributed by atoms with Crippen LogP contribution in [-0.4, -0.2) is 21.8 Å². The first-order valence-corrected chi connectivity index (χ1v) is 7.53. The number of rotatable bonds is 5. The van der Waals surface area contributed by atoms with Gasteiger partial charge in [0.15, 0.2) is 0 Å². The van der Waals surface area contributed by atoms with Crippen LogP contribution in [0.1, 0.15) is 35.4 Å².